The second-order valence-electron chi connectivity index (χ2n) is 4.95. The molecule has 0 aliphatic rings. The van der Waals surface area contributed by atoms with Gasteiger partial charge in [-0.3, -0.25) is 4.98 Å². The van der Waals surface area contributed by atoms with Crippen LogP contribution in [-0.4, -0.2) is 4.98 Å². The Balaban J connectivity index is 2.16. The van der Waals surface area contributed by atoms with Gasteiger partial charge < -0.3 is 0 Å². The van der Waals surface area contributed by atoms with Gasteiger partial charge in [-0.05, 0) is 24.6 Å². The van der Waals surface area contributed by atoms with Gasteiger partial charge in [-0.1, -0.05) is 48.5 Å². The quantitative estimate of drug-likeness (QED) is 0.451. The molecule has 2 aromatic heterocycles. The van der Waals surface area contributed by atoms with Crippen molar-refractivity contribution in [1.29, 1.82) is 0 Å². The fourth-order valence-corrected chi connectivity index (χ4v) is 3.82. The summed E-state index contributed by atoms with van der Waals surface area (Å²) in [6, 6.07) is 21.3. The first-order chi connectivity index (χ1) is 9.83. The van der Waals surface area contributed by atoms with Crippen molar-refractivity contribution in [2.75, 3.05) is 0 Å². The summed E-state index contributed by atoms with van der Waals surface area (Å²) in [6.07, 6.45) is 0. The van der Waals surface area contributed by atoms with Crippen molar-refractivity contribution in [2.24, 2.45) is 0 Å². The molecule has 2 aromatic carbocycles. The normalized spacial score (nSPS) is 11.2. The number of pyridine rings is 1. The maximum Gasteiger partial charge on any atom is 0.0897 e. The van der Waals surface area contributed by atoms with Crippen molar-refractivity contribution in [3.8, 4) is 11.1 Å². The molecule has 4 rings (SSSR count). The molecular formula is C18H13NS. The molecule has 0 atom stereocenters. The lowest BCUT2D eigenvalue weighted by atomic mass is 10.0. The van der Waals surface area contributed by atoms with E-state index in [0.29, 0.717) is 0 Å². The van der Waals surface area contributed by atoms with Gasteiger partial charge in [0.25, 0.3) is 0 Å². The van der Waals surface area contributed by atoms with Crippen molar-refractivity contribution in [3.05, 3.63) is 66.4 Å². The molecule has 0 saturated heterocycles. The van der Waals surface area contributed by atoms with E-state index in [1.165, 1.54) is 25.9 Å². The number of thiophene rings is 1. The molecular weight excluding hydrogens is 262 g/mol. The minimum atomic E-state index is 1.07. The van der Waals surface area contributed by atoms with Crippen LogP contribution in [0.5, 0.6) is 0 Å². The van der Waals surface area contributed by atoms with E-state index in [1.807, 2.05) is 11.3 Å². The molecule has 4 aromatic rings. The van der Waals surface area contributed by atoms with Crippen LogP contribution in [0.2, 0.25) is 0 Å². The fraction of sp³-hybridized carbons (Fsp3) is 0.0556. The third-order valence-corrected chi connectivity index (χ3v) is 4.73. The Kier molecular flexibility index (Phi) is 2.57. The van der Waals surface area contributed by atoms with E-state index in [4.69, 9.17) is 4.98 Å². The Labute approximate surface area is 121 Å². The highest BCUT2D eigenvalue weighted by atomic mass is 32.1. The van der Waals surface area contributed by atoms with Crippen LogP contribution < -0.4 is 0 Å². The van der Waals surface area contributed by atoms with Crippen molar-refractivity contribution >= 4 is 31.6 Å². The zero-order valence-corrected chi connectivity index (χ0v) is 11.9. The van der Waals surface area contributed by atoms with Crippen LogP contribution in [0.25, 0.3) is 31.4 Å². The third kappa shape index (κ3) is 1.73. The lowest BCUT2D eigenvalue weighted by Gasteiger charge is -2.04. The molecule has 96 valence electrons. The molecule has 0 fully saturated rings. The molecule has 0 aliphatic heterocycles. The van der Waals surface area contributed by atoms with Crippen molar-refractivity contribution in [2.45, 2.75) is 6.92 Å². The SMILES string of the molecule is Cc1cc(-c2ccccc2)c2sc3ccccc3c2n1. The molecule has 0 spiro atoms. The standard InChI is InChI=1S/C18H13NS/c1-12-11-15(13-7-3-2-4-8-13)18-17(19-12)14-9-5-6-10-16(14)20-18/h2-11H,1H3. The van der Waals surface area contributed by atoms with E-state index < -0.39 is 0 Å². The van der Waals surface area contributed by atoms with Gasteiger partial charge in [0.15, 0.2) is 0 Å². The smallest absolute Gasteiger partial charge is 0.0897 e. The highest BCUT2D eigenvalue weighted by Crippen LogP contribution is 2.38. The van der Waals surface area contributed by atoms with Crippen LogP contribution in [0.3, 0.4) is 0 Å². The number of benzene rings is 2. The highest BCUT2D eigenvalue weighted by molar-refractivity contribution is 7.26. The van der Waals surface area contributed by atoms with Gasteiger partial charge in [0.1, 0.15) is 0 Å². The molecule has 0 amide bonds. The largest absolute Gasteiger partial charge is 0.252 e. The first kappa shape index (κ1) is 11.6. The van der Waals surface area contributed by atoms with Gasteiger partial charge in [0.2, 0.25) is 0 Å². The summed E-state index contributed by atoms with van der Waals surface area (Å²) < 4.78 is 2.58. The van der Waals surface area contributed by atoms with Gasteiger partial charge in [0.05, 0.1) is 10.2 Å². The summed E-state index contributed by atoms with van der Waals surface area (Å²) in [7, 11) is 0. The Morgan fingerprint density at radius 3 is 2.50 bits per heavy atom. The number of hydrogen-bond acceptors (Lipinski definition) is 2. The molecule has 0 N–H and O–H groups in total. The van der Waals surface area contributed by atoms with Crippen molar-refractivity contribution in [1.82, 2.24) is 4.98 Å². The van der Waals surface area contributed by atoms with E-state index in [9.17, 15) is 0 Å². The number of fused-ring (bicyclic) bond motifs is 3. The average molecular weight is 275 g/mol. The molecule has 0 bridgehead atoms. The topological polar surface area (TPSA) is 12.9 Å². The Hall–Kier alpha value is -2.19. The van der Waals surface area contributed by atoms with Gasteiger partial charge in [-0.25, -0.2) is 0 Å². The molecule has 0 radical (unpaired) electrons. The molecule has 1 nitrogen and oxygen atoms in total. The van der Waals surface area contributed by atoms with E-state index >= 15 is 0 Å². The van der Waals surface area contributed by atoms with Crippen LogP contribution in [0.1, 0.15) is 5.69 Å². The maximum atomic E-state index is 4.76. The van der Waals surface area contributed by atoms with Crippen LogP contribution in [0, 0.1) is 6.92 Å². The van der Waals surface area contributed by atoms with Crippen molar-refractivity contribution < 1.29 is 0 Å². The Morgan fingerprint density at radius 2 is 1.65 bits per heavy atom. The number of rotatable bonds is 1. The predicted octanol–water partition coefficient (Wildman–Crippen LogP) is 5.42. The van der Waals surface area contributed by atoms with Gasteiger partial charge in [0, 0.05) is 21.3 Å². The number of aryl methyl sites for hydroxylation is 1. The summed E-state index contributed by atoms with van der Waals surface area (Å²) in [5.41, 5.74) is 4.74. The third-order valence-electron chi connectivity index (χ3n) is 3.54. The second kappa shape index (κ2) is 4.43. The summed E-state index contributed by atoms with van der Waals surface area (Å²) in [4.78, 5) is 4.76. The molecule has 2 heterocycles. The van der Waals surface area contributed by atoms with E-state index in [1.54, 1.807) is 0 Å². The molecule has 0 aliphatic carbocycles. The van der Waals surface area contributed by atoms with Crippen LogP contribution in [0.15, 0.2) is 60.7 Å². The van der Waals surface area contributed by atoms with Gasteiger partial charge >= 0.3 is 0 Å². The van der Waals surface area contributed by atoms with E-state index in [2.05, 4.69) is 67.6 Å². The molecule has 20 heavy (non-hydrogen) atoms. The predicted molar refractivity (Wildman–Crippen MR) is 87.3 cm³/mol. The Bertz CT molecular complexity index is 907. The lowest BCUT2D eigenvalue weighted by Crippen LogP contribution is -1.85. The first-order valence-corrected chi connectivity index (χ1v) is 7.49. The molecule has 0 unspecified atom stereocenters. The van der Waals surface area contributed by atoms with Crippen LogP contribution in [-0.2, 0) is 0 Å². The summed E-state index contributed by atoms with van der Waals surface area (Å²) in [5.74, 6) is 0. The van der Waals surface area contributed by atoms with Gasteiger partial charge in [-0.15, -0.1) is 11.3 Å². The Morgan fingerprint density at radius 1 is 0.900 bits per heavy atom. The van der Waals surface area contributed by atoms with Gasteiger partial charge in [-0.2, -0.15) is 0 Å². The van der Waals surface area contributed by atoms with Crippen LogP contribution in [0.4, 0.5) is 0 Å². The molecule has 2 heteroatoms. The van der Waals surface area contributed by atoms with Crippen molar-refractivity contribution in [3.63, 3.8) is 0 Å². The van der Waals surface area contributed by atoms with E-state index in [0.717, 1.165) is 11.2 Å². The second-order valence-corrected chi connectivity index (χ2v) is 6.01. The summed E-state index contributed by atoms with van der Waals surface area (Å²) >= 11 is 1.83. The number of nitrogens with zero attached hydrogens (tertiary/aromatic N) is 1. The highest BCUT2D eigenvalue weighted by Gasteiger charge is 2.12. The lowest BCUT2D eigenvalue weighted by molar-refractivity contribution is 1.27. The zero-order valence-electron chi connectivity index (χ0n) is 11.1. The number of aromatic nitrogens is 1. The number of hydrogen-bond donors (Lipinski definition) is 0. The van der Waals surface area contributed by atoms with Crippen LogP contribution >= 0.6 is 11.3 Å². The zero-order chi connectivity index (χ0) is 13.5. The van der Waals surface area contributed by atoms with E-state index in [-0.39, 0.29) is 0 Å². The minimum Gasteiger partial charge on any atom is -0.252 e. The minimum absolute atomic E-state index is 1.07. The fourth-order valence-electron chi connectivity index (χ4n) is 2.64. The molecule has 0 saturated carbocycles. The maximum absolute atomic E-state index is 4.76. The summed E-state index contributed by atoms with van der Waals surface area (Å²) in [6.45, 7) is 2.07. The average Bonchev–Trinajstić information content (AvgIpc) is 2.86. The first-order valence-electron chi connectivity index (χ1n) is 6.67. The monoisotopic (exact) mass is 275 g/mol. The summed E-state index contributed by atoms with van der Waals surface area (Å²) in [5, 5.41) is 1.26.